The lowest BCUT2D eigenvalue weighted by atomic mass is 9.76. The fraction of sp³-hybridized carbons (Fsp3) is 0.217. The van der Waals surface area contributed by atoms with Crippen LogP contribution in [-0.4, -0.2) is 30.4 Å². The summed E-state index contributed by atoms with van der Waals surface area (Å²) in [4.78, 5) is 0.256. The zero-order valence-corrected chi connectivity index (χ0v) is 16.5. The van der Waals surface area contributed by atoms with Gasteiger partial charge in [0.05, 0.1) is 10.9 Å². The van der Waals surface area contributed by atoms with Crippen molar-refractivity contribution in [2.75, 3.05) is 6.54 Å². The summed E-state index contributed by atoms with van der Waals surface area (Å²) in [5.74, 6) is 0. The molecule has 1 heterocycles. The summed E-state index contributed by atoms with van der Waals surface area (Å²) in [6.07, 6.45) is 0.589. The van der Waals surface area contributed by atoms with Gasteiger partial charge >= 0.3 is 0 Å². The van der Waals surface area contributed by atoms with Gasteiger partial charge in [0.2, 0.25) is 10.0 Å². The molecule has 1 aliphatic heterocycles. The Balaban J connectivity index is 1.79. The molecule has 5 heteroatoms. The summed E-state index contributed by atoms with van der Waals surface area (Å²) in [5, 5.41) is 11.9. The molecule has 144 valence electrons. The van der Waals surface area contributed by atoms with E-state index in [1.54, 1.807) is 24.3 Å². The van der Waals surface area contributed by atoms with Crippen LogP contribution in [0.25, 0.3) is 0 Å². The van der Waals surface area contributed by atoms with Gasteiger partial charge in [-0.05, 0) is 36.6 Å². The summed E-state index contributed by atoms with van der Waals surface area (Å²) >= 11 is 0. The van der Waals surface area contributed by atoms with Crippen molar-refractivity contribution in [3.05, 3.63) is 102 Å². The third-order valence-electron chi connectivity index (χ3n) is 5.51. The summed E-state index contributed by atoms with van der Waals surface area (Å²) in [5.41, 5.74) is 0.965. The fourth-order valence-electron chi connectivity index (χ4n) is 3.85. The van der Waals surface area contributed by atoms with Gasteiger partial charge in [0, 0.05) is 6.54 Å². The Morgan fingerprint density at radius 2 is 1.36 bits per heavy atom. The van der Waals surface area contributed by atoms with E-state index in [2.05, 4.69) is 0 Å². The fourth-order valence-corrected chi connectivity index (χ4v) is 5.54. The monoisotopic (exact) mass is 393 g/mol. The second kappa shape index (κ2) is 7.17. The van der Waals surface area contributed by atoms with Crippen molar-refractivity contribution >= 4 is 10.0 Å². The van der Waals surface area contributed by atoms with Gasteiger partial charge in [-0.15, -0.1) is 0 Å². The molecular weight excluding hydrogens is 370 g/mol. The van der Waals surface area contributed by atoms with Crippen LogP contribution in [0.1, 0.15) is 23.1 Å². The van der Waals surface area contributed by atoms with Crippen LogP contribution in [0.3, 0.4) is 0 Å². The zero-order chi connectivity index (χ0) is 19.8. The van der Waals surface area contributed by atoms with Crippen molar-refractivity contribution in [2.24, 2.45) is 0 Å². The van der Waals surface area contributed by atoms with Crippen LogP contribution < -0.4 is 0 Å². The minimum atomic E-state index is -3.69. The van der Waals surface area contributed by atoms with Gasteiger partial charge in [0.1, 0.15) is 5.60 Å². The molecule has 1 N–H and O–H groups in total. The lowest BCUT2D eigenvalue weighted by molar-refractivity contribution is -0.0326. The first-order valence-corrected chi connectivity index (χ1v) is 10.8. The van der Waals surface area contributed by atoms with Gasteiger partial charge in [-0.25, -0.2) is 8.42 Å². The van der Waals surface area contributed by atoms with E-state index in [1.165, 1.54) is 4.31 Å². The van der Waals surface area contributed by atoms with Crippen LogP contribution in [0.15, 0.2) is 89.8 Å². The number of hydrogen-bond acceptors (Lipinski definition) is 3. The molecule has 1 aliphatic rings. The van der Waals surface area contributed by atoms with Gasteiger partial charge in [-0.2, -0.15) is 4.31 Å². The van der Waals surface area contributed by atoms with Gasteiger partial charge in [-0.3, -0.25) is 0 Å². The average Bonchev–Trinajstić information content (AvgIpc) is 2.68. The van der Waals surface area contributed by atoms with E-state index in [0.29, 0.717) is 24.1 Å². The van der Waals surface area contributed by atoms with Gasteiger partial charge in [0.15, 0.2) is 0 Å². The number of aryl methyl sites for hydroxylation is 1. The van der Waals surface area contributed by atoms with E-state index < -0.39 is 21.7 Å². The van der Waals surface area contributed by atoms with Crippen molar-refractivity contribution in [2.45, 2.75) is 29.9 Å². The lowest BCUT2D eigenvalue weighted by Crippen LogP contribution is -2.61. The largest absolute Gasteiger partial charge is 0.379 e. The molecule has 0 saturated carbocycles. The molecule has 3 aromatic carbocycles. The maximum Gasteiger partial charge on any atom is 0.243 e. The third-order valence-corrected chi connectivity index (χ3v) is 7.43. The molecule has 0 amide bonds. The van der Waals surface area contributed by atoms with Crippen molar-refractivity contribution in [3.63, 3.8) is 0 Å². The Morgan fingerprint density at radius 1 is 0.857 bits per heavy atom. The second-order valence-electron chi connectivity index (χ2n) is 7.23. The molecule has 28 heavy (non-hydrogen) atoms. The summed E-state index contributed by atoms with van der Waals surface area (Å²) < 4.78 is 27.9. The predicted molar refractivity (Wildman–Crippen MR) is 109 cm³/mol. The first-order valence-electron chi connectivity index (χ1n) is 9.36. The van der Waals surface area contributed by atoms with Crippen LogP contribution in [0.4, 0.5) is 0 Å². The molecule has 3 aromatic rings. The van der Waals surface area contributed by atoms with Crippen LogP contribution in [-0.2, 0) is 15.6 Å². The highest BCUT2D eigenvalue weighted by molar-refractivity contribution is 7.89. The standard InChI is InChI=1S/C23H23NO3S/c1-18-12-14-21(15-13-18)28(26,27)24-17-16-22(24)23(25,19-8-4-2-5-9-19)20-10-6-3-7-11-20/h2-15,22,25H,16-17H2,1H3. The first-order chi connectivity index (χ1) is 13.4. The summed E-state index contributed by atoms with van der Waals surface area (Å²) in [7, 11) is -3.69. The molecule has 1 saturated heterocycles. The number of nitrogens with zero attached hydrogens (tertiary/aromatic N) is 1. The molecule has 4 rings (SSSR count). The van der Waals surface area contributed by atoms with E-state index >= 15 is 0 Å². The molecule has 4 nitrogen and oxygen atoms in total. The van der Waals surface area contributed by atoms with Crippen LogP contribution >= 0.6 is 0 Å². The normalized spacial score (nSPS) is 17.9. The Labute approximate surface area is 166 Å². The first kappa shape index (κ1) is 18.9. The lowest BCUT2D eigenvalue weighted by Gasteiger charge is -2.49. The maximum atomic E-state index is 13.3. The molecule has 1 unspecified atom stereocenters. The summed E-state index contributed by atoms with van der Waals surface area (Å²) in [6, 6.07) is 24.9. The molecule has 1 atom stereocenters. The SMILES string of the molecule is Cc1ccc(S(=O)(=O)N2CCC2C(O)(c2ccccc2)c2ccccc2)cc1. The van der Waals surface area contributed by atoms with Crippen molar-refractivity contribution in [1.82, 2.24) is 4.31 Å². The number of sulfonamides is 1. The van der Waals surface area contributed by atoms with E-state index in [1.807, 2.05) is 67.6 Å². The third kappa shape index (κ3) is 3.05. The number of benzene rings is 3. The summed E-state index contributed by atoms with van der Waals surface area (Å²) in [6.45, 7) is 2.31. The van der Waals surface area contributed by atoms with E-state index in [9.17, 15) is 13.5 Å². The quantitative estimate of drug-likeness (QED) is 0.719. The smallest absolute Gasteiger partial charge is 0.243 e. The molecular formula is C23H23NO3S. The molecule has 1 fully saturated rings. The minimum Gasteiger partial charge on any atom is -0.379 e. The van der Waals surface area contributed by atoms with Crippen molar-refractivity contribution in [3.8, 4) is 0 Å². The molecule has 0 bridgehead atoms. The Kier molecular flexibility index (Phi) is 4.83. The number of rotatable bonds is 5. The Hall–Kier alpha value is -2.47. The Morgan fingerprint density at radius 3 is 1.79 bits per heavy atom. The molecule has 0 spiro atoms. The zero-order valence-electron chi connectivity index (χ0n) is 15.7. The number of aliphatic hydroxyl groups is 1. The van der Waals surface area contributed by atoms with Gasteiger partial charge in [0.25, 0.3) is 0 Å². The predicted octanol–water partition coefficient (Wildman–Crippen LogP) is 3.69. The van der Waals surface area contributed by atoms with Crippen LogP contribution in [0.5, 0.6) is 0 Å². The van der Waals surface area contributed by atoms with E-state index in [-0.39, 0.29) is 4.90 Å². The Bertz CT molecular complexity index is 1010. The molecule has 0 aliphatic carbocycles. The topological polar surface area (TPSA) is 57.6 Å². The van der Waals surface area contributed by atoms with Crippen molar-refractivity contribution in [1.29, 1.82) is 0 Å². The van der Waals surface area contributed by atoms with Crippen LogP contribution in [0.2, 0.25) is 0 Å². The van der Waals surface area contributed by atoms with Crippen LogP contribution in [0, 0.1) is 6.92 Å². The van der Waals surface area contributed by atoms with Gasteiger partial charge in [-0.1, -0.05) is 78.4 Å². The highest BCUT2D eigenvalue weighted by atomic mass is 32.2. The maximum absolute atomic E-state index is 13.3. The van der Waals surface area contributed by atoms with E-state index in [0.717, 1.165) is 5.56 Å². The number of hydrogen-bond donors (Lipinski definition) is 1. The van der Waals surface area contributed by atoms with E-state index in [4.69, 9.17) is 0 Å². The molecule has 0 radical (unpaired) electrons. The van der Waals surface area contributed by atoms with Crippen molar-refractivity contribution < 1.29 is 13.5 Å². The highest BCUT2D eigenvalue weighted by Crippen LogP contribution is 2.43. The average molecular weight is 394 g/mol. The second-order valence-corrected chi connectivity index (χ2v) is 9.12. The highest BCUT2D eigenvalue weighted by Gasteiger charge is 2.52. The minimum absolute atomic E-state index is 0.256. The van der Waals surface area contributed by atoms with Gasteiger partial charge < -0.3 is 5.11 Å². The molecule has 0 aromatic heterocycles.